The lowest BCUT2D eigenvalue weighted by atomic mass is 10.1. The second-order valence-electron chi connectivity index (χ2n) is 5.17. The van der Waals surface area contributed by atoms with Crippen molar-refractivity contribution in [2.75, 3.05) is 21.2 Å². The van der Waals surface area contributed by atoms with Crippen molar-refractivity contribution >= 4 is 11.8 Å². The smallest absolute Gasteiger partial charge is 0.253 e. The van der Waals surface area contributed by atoms with Gasteiger partial charge in [-0.3, -0.25) is 9.59 Å². The molecule has 1 aromatic carbocycles. The maximum Gasteiger partial charge on any atom is 0.253 e. The van der Waals surface area contributed by atoms with Crippen LogP contribution < -0.4 is 10.1 Å². The standard InChI is InChI=1S/C17H19N3O3/c1-20(2)17(22)13-6-4-12(5-7-13)10-19-16(21)14-8-9-15(23-3)18-11-14/h4-9,11H,10H2,1-3H3,(H,19,21). The van der Waals surface area contributed by atoms with Crippen LogP contribution in [-0.2, 0) is 6.54 Å². The van der Waals surface area contributed by atoms with Crippen LogP contribution in [0.15, 0.2) is 42.6 Å². The van der Waals surface area contributed by atoms with E-state index in [-0.39, 0.29) is 11.8 Å². The Morgan fingerprint density at radius 2 is 1.74 bits per heavy atom. The lowest BCUT2D eigenvalue weighted by molar-refractivity contribution is 0.0827. The Morgan fingerprint density at radius 3 is 2.26 bits per heavy atom. The van der Waals surface area contributed by atoms with E-state index in [2.05, 4.69) is 10.3 Å². The van der Waals surface area contributed by atoms with Crippen LogP contribution in [0, 0.1) is 0 Å². The number of methoxy groups -OCH3 is 1. The monoisotopic (exact) mass is 313 g/mol. The Morgan fingerprint density at radius 1 is 1.09 bits per heavy atom. The summed E-state index contributed by atoms with van der Waals surface area (Å²) in [4.78, 5) is 29.3. The van der Waals surface area contributed by atoms with Gasteiger partial charge in [0.2, 0.25) is 5.88 Å². The second kappa shape index (κ2) is 7.40. The van der Waals surface area contributed by atoms with Crippen LogP contribution in [-0.4, -0.2) is 42.9 Å². The van der Waals surface area contributed by atoms with E-state index in [1.165, 1.54) is 18.2 Å². The van der Waals surface area contributed by atoms with E-state index in [1.54, 1.807) is 38.4 Å². The van der Waals surface area contributed by atoms with Gasteiger partial charge in [-0.15, -0.1) is 0 Å². The number of benzene rings is 1. The van der Waals surface area contributed by atoms with Crippen LogP contribution in [0.5, 0.6) is 5.88 Å². The summed E-state index contributed by atoms with van der Waals surface area (Å²) in [5, 5.41) is 2.81. The molecule has 6 nitrogen and oxygen atoms in total. The summed E-state index contributed by atoms with van der Waals surface area (Å²) in [5.41, 5.74) is 1.99. The number of hydrogen-bond acceptors (Lipinski definition) is 4. The minimum atomic E-state index is -0.214. The zero-order chi connectivity index (χ0) is 16.8. The number of hydrogen-bond donors (Lipinski definition) is 1. The van der Waals surface area contributed by atoms with E-state index in [4.69, 9.17) is 4.74 Å². The molecule has 2 amide bonds. The van der Waals surface area contributed by atoms with Gasteiger partial charge in [0.25, 0.3) is 11.8 Å². The minimum Gasteiger partial charge on any atom is -0.481 e. The second-order valence-corrected chi connectivity index (χ2v) is 5.17. The number of amides is 2. The van der Waals surface area contributed by atoms with Crippen molar-refractivity contribution in [2.45, 2.75) is 6.54 Å². The van der Waals surface area contributed by atoms with Crippen LogP contribution >= 0.6 is 0 Å². The fourth-order valence-corrected chi connectivity index (χ4v) is 1.94. The average molecular weight is 313 g/mol. The predicted molar refractivity (Wildman–Crippen MR) is 86.4 cm³/mol. The zero-order valence-electron chi connectivity index (χ0n) is 13.4. The third kappa shape index (κ3) is 4.29. The number of ether oxygens (including phenoxy) is 1. The molecular weight excluding hydrogens is 294 g/mol. The van der Waals surface area contributed by atoms with Crippen molar-refractivity contribution in [3.8, 4) is 5.88 Å². The SMILES string of the molecule is COc1ccc(C(=O)NCc2ccc(C(=O)N(C)C)cc2)cn1. The van der Waals surface area contributed by atoms with Gasteiger partial charge in [0.15, 0.2) is 0 Å². The Labute approximate surface area is 135 Å². The first-order valence-corrected chi connectivity index (χ1v) is 7.10. The molecule has 120 valence electrons. The van der Waals surface area contributed by atoms with Crippen molar-refractivity contribution in [2.24, 2.45) is 0 Å². The number of pyridine rings is 1. The Hall–Kier alpha value is -2.89. The van der Waals surface area contributed by atoms with Gasteiger partial charge >= 0.3 is 0 Å². The molecule has 0 atom stereocenters. The molecule has 1 heterocycles. The van der Waals surface area contributed by atoms with Gasteiger partial charge in [-0.05, 0) is 23.8 Å². The van der Waals surface area contributed by atoms with E-state index in [0.717, 1.165) is 5.56 Å². The van der Waals surface area contributed by atoms with Gasteiger partial charge in [0, 0.05) is 38.5 Å². The summed E-state index contributed by atoms with van der Waals surface area (Å²) in [7, 11) is 4.94. The fourth-order valence-electron chi connectivity index (χ4n) is 1.94. The van der Waals surface area contributed by atoms with E-state index >= 15 is 0 Å². The van der Waals surface area contributed by atoms with Crippen molar-refractivity contribution < 1.29 is 14.3 Å². The molecule has 2 aromatic rings. The molecule has 1 N–H and O–H groups in total. The highest BCUT2D eigenvalue weighted by atomic mass is 16.5. The van der Waals surface area contributed by atoms with Gasteiger partial charge in [0.05, 0.1) is 12.7 Å². The number of carbonyl (C=O) groups is 2. The number of aromatic nitrogens is 1. The highest BCUT2D eigenvalue weighted by Crippen LogP contribution is 2.08. The van der Waals surface area contributed by atoms with Crippen LogP contribution in [0.1, 0.15) is 26.3 Å². The molecule has 0 aliphatic carbocycles. The highest BCUT2D eigenvalue weighted by molar-refractivity contribution is 5.94. The summed E-state index contributed by atoms with van der Waals surface area (Å²) < 4.78 is 4.95. The van der Waals surface area contributed by atoms with Gasteiger partial charge in [-0.25, -0.2) is 4.98 Å². The predicted octanol–water partition coefficient (Wildman–Crippen LogP) is 1.72. The van der Waals surface area contributed by atoms with Gasteiger partial charge in [-0.1, -0.05) is 12.1 Å². The lowest BCUT2D eigenvalue weighted by Gasteiger charge is -2.11. The van der Waals surface area contributed by atoms with Crippen molar-refractivity contribution in [3.63, 3.8) is 0 Å². The minimum absolute atomic E-state index is 0.0510. The molecule has 23 heavy (non-hydrogen) atoms. The summed E-state index contributed by atoms with van der Waals surface area (Å²) in [5.74, 6) is 0.196. The topological polar surface area (TPSA) is 71.5 Å². The molecule has 0 spiro atoms. The first-order chi connectivity index (χ1) is 11.0. The van der Waals surface area contributed by atoms with Crippen LogP contribution in [0.2, 0.25) is 0 Å². The third-order valence-corrected chi connectivity index (χ3v) is 3.27. The van der Waals surface area contributed by atoms with E-state index in [0.29, 0.717) is 23.6 Å². The highest BCUT2D eigenvalue weighted by Gasteiger charge is 2.09. The number of carbonyl (C=O) groups excluding carboxylic acids is 2. The zero-order valence-corrected chi connectivity index (χ0v) is 13.4. The Kier molecular flexibility index (Phi) is 5.30. The van der Waals surface area contributed by atoms with Crippen molar-refractivity contribution in [3.05, 3.63) is 59.3 Å². The molecule has 0 unspecified atom stereocenters. The molecule has 0 saturated heterocycles. The van der Waals surface area contributed by atoms with E-state index < -0.39 is 0 Å². The maximum absolute atomic E-state index is 12.0. The summed E-state index contributed by atoms with van der Waals surface area (Å²) in [6.45, 7) is 0.376. The Bertz CT molecular complexity index is 679. The average Bonchev–Trinajstić information content (AvgIpc) is 2.59. The summed E-state index contributed by atoms with van der Waals surface area (Å²) in [6, 6.07) is 10.4. The van der Waals surface area contributed by atoms with E-state index in [1.807, 2.05) is 12.1 Å². The van der Waals surface area contributed by atoms with Crippen molar-refractivity contribution in [1.29, 1.82) is 0 Å². The molecule has 6 heteroatoms. The lowest BCUT2D eigenvalue weighted by Crippen LogP contribution is -2.23. The van der Waals surface area contributed by atoms with Crippen molar-refractivity contribution in [1.82, 2.24) is 15.2 Å². The number of rotatable bonds is 5. The Balaban J connectivity index is 1.94. The van der Waals surface area contributed by atoms with E-state index in [9.17, 15) is 9.59 Å². The molecule has 0 saturated carbocycles. The molecule has 0 aliphatic heterocycles. The molecule has 0 radical (unpaired) electrons. The van der Waals surface area contributed by atoms with Gasteiger partial charge < -0.3 is 15.0 Å². The summed E-state index contributed by atoms with van der Waals surface area (Å²) in [6.07, 6.45) is 1.47. The fraction of sp³-hybridized carbons (Fsp3) is 0.235. The molecule has 0 aliphatic rings. The van der Waals surface area contributed by atoms with Crippen LogP contribution in [0.4, 0.5) is 0 Å². The quantitative estimate of drug-likeness (QED) is 0.912. The third-order valence-electron chi connectivity index (χ3n) is 3.27. The largest absolute Gasteiger partial charge is 0.481 e. The molecule has 2 rings (SSSR count). The van der Waals surface area contributed by atoms with Gasteiger partial charge in [-0.2, -0.15) is 0 Å². The maximum atomic E-state index is 12.0. The molecule has 1 aromatic heterocycles. The first kappa shape index (κ1) is 16.5. The van der Waals surface area contributed by atoms with Crippen LogP contribution in [0.3, 0.4) is 0 Å². The molecular formula is C17H19N3O3. The normalized spacial score (nSPS) is 10.0. The first-order valence-electron chi connectivity index (χ1n) is 7.10. The molecule has 0 bridgehead atoms. The summed E-state index contributed by atoms with van der Waals surface area (Å²) >= 11 is 0. The molecule has 0 fully saturated rings. The van der Waals surface area contributed by atoms with Gasteiger partial charge in [0.1, 0.15) is 0 Å². The van der Waals surface area contributed by atoms with Crippen LogP contribution in [0.25, 0.3) is 0 Å². The number of nitrogens with zero attached hydrogens (tertiary/aromatic N) is 2. The number of nitrogens with one attached hydrogen (secondary N) is 1.